The van der Waals surface area contributed by atoms with E-state index in [1.54, 1.807) is 4.90 Å². The molecule has 4 amide bonds. The Labute approximate surface area is 146 Å². The summed E-state index contributed by atoms with van der Waals surface area (Å²) in [4.78, 5) is 34.6. The first-order valence-corrected chi connectivity index (χ1v) is 9.18. The molecule has 2 fully saturated rings. The Hall–Kier alpha value is -1.50. The number of nitrogens with zero attached hydrogens (tertiary/aromatic N) is 5. The fourth-order valence-corrected chi connectivity index (χ4v) is 3.61. The Balaban J connectivity index is 1.88. The van der Waals surface area contributed by atoms with Crippen LogP contribution in [0, 0.1) is 0 Å². The molecule has 2 heterocycles. The predicted molar refractivity (Wildman–Crippen MR) is 95.1 cm³/mol. The number of likely N-dealkylation sites (N-methyl/N-ethyl adjacent to an activating group) is 1. The van der Waals surface area contributed by atoms with Crippen LogP contribution in [0.25, 0.3) is 0 Å². The van der Waals surface area contributed by atoms with Crippen LogP contribution in [-0.2, 0) is 0 Å². The summed E-state index contributed by atoms with van der Waals surface area (Å²) in [5.41, 5.74) is 0. The maximum absolute atomic E-state index is 12.6. The number of urea groups is 2. The number of carbonyl (C=O) groups excluding carboxylic acids is 2. The Morgan fingerprint density at radius 1 is 1.08 bits per heavy atom. The second-order valence-electron chi connectivity index (χ2n) is 6.99. The van der Waals surface area contributed by atoms with Crippen LogP contribution in [0.15, 0.2) is 0 Å². The minimum atomic E-state index is 0.131. The van der Waals surface area contributed by atoms with E-state index >= 15 is 0 Å². The Morgan fingerprint density at radius 3 is 2.29 bits per heavy atom. The second kappa shape index (κ2) is 8.05. The average Bonchev–Trinajstić information content (AvgIpc) is 2.88. The molecule has 0 N–H and O–H groups in total. The van der Waals surface area contributed by atoms with Crippen LogP contribution in [0.5, 0.6) is 0 Å². The number of carbonyl (C=O) groups is 2. The molecule has 0 aromatic rings. The molecule has 0 aliphatic carbocycles. The molecule has 2 saturated heterocycles. The summed E-state index contributed by atoms with van der Waals surface area (Å²) >= 11 is 0. The van der Waals surface area contributed by atoms with E-state index in [4.69, 9.17) is 0 Å². The molecule has 138 valence electrons. The Morgan fingerprint density at radius 2 is 1.75 bits per heavy atom. The highest BCUT2D eigenvalue weighted by Crippen LogP contribution is 2.17. The van der Waals surface area contributed by atoms with Gasteiger partial charge in [0.2, 0.25) is 0 Å². The van der Waals surface area contributed by atoms with Crippen LogP contribution in [0.4, 0.5) is 9.59 Å². The van der Waals surface area contributed by atoms with Crippen molar-refractivity contribution in [3.8, 4) is 0 Å². The molecule has 7 nitrogen and oxygen atoms in total. The molecule has 2 aliphatic rings. The normalized spacial score (nSPS) is 25.5. The third-order valence-corrected chi connectivity index (χ3v) is 5.35. The lowest BCUT2D eigenvalue weighted by molar-refractivity contribution is 0.0473. The molecule has 2 aliphatic heterocycles. The zero-order chi connectivity index (χ0) is 17.9. The van der Waals surface area contributed by atoms with Gasteiger partial charge in [-0.1, -0.05) is 0 Å². The smallest absolute Gasteiger partial charge is 0.320 e. The summed E-state index contributed by atoms with van der Waals surface area (Å²) in [6.07, 6.45) is 0. The van der Waals surface area contributed by atoms with Gasteiger partial charge in [0.25, 0.3) is 0 Å². The number of piperazine rings is 1. The molecule has 0 radical (unpaired) electrons. The van der Waals surface area contributed by atoms with Crippen molar-refractivity contribution in [2.75, 3.05) is 59.4 Å². The molecule has 2 rings (SSSR count). The highest BCUT2D eigenvalue weighted by atomic mass is 16.2. The SMILES string of the molecule is CCN(CC)C(=O)N1CC(C)N(CCN2CCN(C)C2=O)CC1C. The average molecular weight is 339 g/mol. The molecular weight excluding hydrogens is 306 g/mol. The van der Waals surface area contributed by atoms with E-state index in [0.717, 1.165) is 52.4 Å². The molecule has 0 saturated carbocycles. The predicted octanol–water partition coefficient (Wildman–Crippen LogP) is 1.21. The van der Waals surface area contributed by atoms with Crippen molar-refractivity contribution in [1.29, 1.82) is 0 Å². The fourth-order valence-electron chi connectivity index (χ4n) is 3.61. The molecular formula is C17H33N5O2. The Kier molecular flexibility index (Phi) is 6.32. The highest BCUT2D eigenvalue weighted by Gasteiger charge is 2.34. The molecule has 0 aromatic heterocycles. The topological polar surface area (TPSA) is 50.3 Å². The number of amides is 4. The lowest BCUT2D eigenvalue weighted by Crippen LogP contribution is -2.61. The minimum absolute atomic E-state index is 0.131. The van der Waals surface area contributed by atoms with E-state index < -0.39 is 0 Å². The van der Waals surface area contributed by atoms with E-state index in [0.29, 0.717) is 6.04 Å². The van der Waals surface area contributed by atoms with Crippen molar-refractivity contribution in [3.63, 3.8) is 0 Å². The van der Waals surface area contributed by atoms with Crippen LogP contribution in [0.1, 0.15) is 27.7 Å². The van der Waals surface area contributed by atoms with Crippen molar-refractivity contribution >= 4 is 12.1 Å². The quantitative estimate of drug-likeness (QED) is 0.756. The van der Waals surface area contributed by atoms with Crippen LogP contribution < -0.4 is 0 Å². The van der Waals surface area contributed by atoms with Gasteiger partial charge in [-0.15, -0.1) is 0 Å². The highest BCUT2D eigenvalue weighted by molar-refractivity contribution is 5.76. The number of hydrogen-bond donors (Lipinski definition) is 0. The van der Waals surface area contributed by atoms with Crippen LogP contribution >= 0.6 is 0 Å². The van der Waals surface area contributed by atoms with Crippen molar-refractivity contribution in [1.82, 2.24) is 24.5 Å². The third-order valence-electron chi connectivity index (χ3n) is 5.35. The van der Waals surface area contributed by atoms with Crippen LogP contribution in [-0.4, -0.2) is 108 Å². The van der Waals surface area contributed by atoms with E-state index in [9.17, 15) is 9.59 Å². The zero-order valence-electron chi connectivity index (χ0n) is 15.9. The molecule has 0 bridgehead atoms. The van der Waals surface area contributed by atoms with E-state index in [1.807, 2.05) is 35.6 Å². The lowest BCUT2D eigenvalue weighted by atomic mass is 10.1. The summed E-state index contributed by atoms with van der Waals surface area (Å²) in [6.45, 7) is 14.7. The lowest BCUT2D eigenvalue weighted by Gasteiger charge is -2.45. The van der Waals surface area contributed by atoms with Gasteiger partial charge in [-0.25, -0.2) is 9.59 Å². The zero-order valence-corrected chi connectivity index (χ0v) is 15.9. The first-order valence-electron chi connectivity index (χ1n) is 9.18. The van der Waals surface area contributed by atoms with Gasteiger partial charge in [-0.2, -0.15) is 0 Å². The third kappa shape index (κ3) is 3.94. The minimum Gasteiger partial charge on any atom is -0.326 e. The van der Waals surface area contributed by atoms with Crippen molar-refractivity contribution < 1.29 is 9.59 Å². The van der Waals surface area contributed by atoms with Crippen LogP contribution in [0.2, 0.25) is 0 Å². The van der Waals surface area contributed by atoms with Gasteiger partial charge in [0.05, 0.1) is 0 Å². The summed E-state index contributed by atoms with van der Waals surface area (Å²) < 4.78 is 0. The molecule has 0 spiro atoms. The monoisotopic (exact) mass is 339 g/mol. The van der Waals surface area contributed by atoms with Gasteiger partial charge in [0.15, 0.2) is 0 Å². The second-order valence-corrected chi connectivity index (χ2v) is 6.99. The fraction of sp³-hybridized carbons (Fsp3) is 0.882. The first-order chi connectivity index (χ1) is 11.4. The summed E-state index contributed by atoms with van der Waals surface area (Å²) in [5.74, 6) is 0. The summed E-state index contributed by atoms with van der Waals surface area (Å²) in [7, 11) is 1.85. The van der Waals surface area contributed by atoms with Crippen LogP contribution in [0.3, 0.4) is 0 Å². The van der Waals surface area contributed by atoms with Gasteiger partial charge >= 0.3 is 12.1 Å². The molecule has 24 heavy (non-hydrogen) atoms. The Bertz CT molecular complexity index is 454. The summed E-state index contributed by atoms with van der Waals surface area (Å²) in [5, 5.41) is 0. The molecule has 2 unspecified atom stereocenters. The van der Waals surface area contributed by atoms with Gasteiger partial charge in [0, 0.05) is 71.5 Å². The molecule has 0 aromatic carbocycles. The van der Waals surface area contributed by atoms with E-state index in [2.05, 4.69) is 18.7 Å². The molecule has 2 atom stereocenters. The van der Waals surface area contributed by atoms with Crippen molar-refractivity contribution in [3.05, 3.63) is 0 Å². The molecule has 7 heteroatoms. The van der Waals surface area contributed by atoms with E-state index in [-0.39, 0.29) is 18.1 Å². The van der Waals surface area contributed by atoms with E-state index in [1.165, 1.54) is 0 Å². The number of rotatable bonds is 5. The van der Waals surface area contributed by atoms with Gasteiger partial charge in [0.1, 0.15) is 0 Å². The maximum Gasteiger partial charge on any atom is 0.320 e. The maximum atomic E-state index is 12.6. The van der Waals surface area contributed by atoms with Gasteiger partial charge < -0.3 is 19.6 Å². The van der Waals surface area contributed by atoms with Crippen molar-refractivity contribution in [2.24, 2.45) is 0 Å². The standard InChI is InChI=1S/C17H33N5O2/c1-6-19(7-2)17(24)22-13-14(3)21(12-15(22)4)11-10-20-9-8-18(5)16(20)23/h14-15H,6-13H2,1-5H3. The van der Waals surface area contributed by atoms with Crippen molar-refractivity contribution in [2.45, 2.75) is 39.8 Å². The number of hydrogen-bond acceptors (Lipinski definition) is 3. The summed E-state index contributed by atoms with van der Waals surface area (Å²) in [6, 6.07) is 0.795. The first kappa shape index (κ1) is 18.8. The largest absolute Gasteiger partial charge is 0.326 e. The van der Waals surface area contributed by atoms with Gasteiger partial charge in [-0.05, 0) is 27.7 Å². The van der Waals surface area contributed by atoms with Gasteiger partial charge in [-0.3, -0.25) is 4.90 Å².